The quantitative estimate of drug-likeness (QED) is 0.215. The number of unbranched alkanes of at least 4 members (excludes halogenated alkanes) is 8. The minimum Gasteiger partial charge on any atom is -0.481 e. The SMILES string of the molecule is CCC=CCCC=CC=CCCCCCCCCCC(=O)O. The maximum Gasteiger partial charge on any atom is 0.303 e. The van der Waals surface area contributed by atoms with Gasteiger partial charge in [0.15, 0.2) is 0 Å². The summed E-state index contributed by atoms with van der Waals surface area (Å²) in [5, 5.41) is 8.52. The van der Waals surface area contributed by atoms with Crippen molar-refractivity contribution in [3.8, 4) is 0 Å². The van der Waals surface area contributed by atoms with Gasteiger partial charge in [0.25, 0.3) is 0 Å². The molecule has 1 N–H and O–H groups in total. The van der Waals surface area contributed by atoms with Crippen molar-refractivity contribution in [2.45, 2.75) is 84.0 Å². The number of hydrogen-bond acceptors (Lipinski definition) is 1. The second-order valence-corrected chi connectivity index (χ2v) is 5.72. The molecule has 0 heterocycles. The van der Waals surface area contributed by atoms with Gasteiger partial charge in [-0.1, -0.05) is 75.5 Å². The monoisotopic (exact) mass is 306 g/mol. The third-order valence-electron chi connectivity index (χ3n) is 3.55. The number of aliphatic carboxylic acids is 1. The first kappa shape index (κ1) is 20.7. The summed E-state index contributed by atoms with van der Waals surface area (Å²) in [6, 6.07) is 0. The van der Waals surface area contributed by atoms with Crippen LogP contribution in [0.25, 0.3) is 0 Å². The molecule has 0 unspecified atom stereocenters. The molecule has 2 heteroatoms. The molecular weight excluding hydrogens is 272 g/mol. The van der Waals surface area contributed by atoms with Gasteiger partial charge in [0.1, 0.15) is 0 Å². The predicted molar refractivity (Wildman–Crippen MR) is 96.1 cm³/mol. The molecule has 0 aliphatic rings. The van der Waals surface area contributed by atoms with Crippen LogP contribution in [0.5, 0.6) is 0 Å². The first-order chi connectivity index (χ1) is 10.8. The fourth-order valence-electron chi connectivity index (χ4n) is 2.25. The molecule has 0 atom stereocenters. The lowest BCUT2D eigenvalue weighted by Crippen LogP contribution is -1.93. The zero-order valence-electron chi connectivity index (χ0n) is 14.3. The lowest BCUT2D eigenvalue weighted by molar-refractivity contribution is -0.137. The highest BCUT2D eigenvalue weighted by molar-refractivity contribution is 5.66. The molecular formula is C20H34O2. The lowest BCUT2D eigenvalue weighted by atomic mass is 10.1. The molecule has 2 nitrogen and oxygen atoms in total. The fourth-order valence-corrected chi connectivity index (χ4v) is 2.25. The van der Waals surface area contributed by atoms with E-state index in [1.54, 1.807) is 0 Å². The lowest BCUT2D eigenvalue weighted by Gasteiger charge is -1.99. The van der Waals surface area contributed by atoms with Crippen molar-refractivity contribution in [2.75, 3.05) is 0 Å². The smallest absolute Gasteiger partial charge is 0.303 e. The first-order valence-electron chi connectivity index (χ1n) is 8.95. The Morgan fingerprint density at radius 2 is 1.27 bits per heavy atom. The summed E-state index contributed by atoms with van der Waals surface area (Å²) < 4.78 is 0. The molecule has 0 bridgehead atoms. The van der Waals surface area contributed by atoms with Crippen LogP contribution in [0.15, 0.2) is 36.5 Å². The summed E-state index contributed by atoms with van der Waals surface area (Å²) in [4.78, 5) is 10.3. The molecule has 0 amide bonds. The third kappa shape index (κ3) is 18.7. The second-order valence-electron chi connectivity index (χ2n) is 5.72. The number of rotatable bonds is 15. The molecule has 0 aliphatic heterocycles. The Bertz CT molecular complexity index is 327. The minimum absolute atomic E-state index is 0.327. The number of carbonyl (C=O) groups is 1. The molecule has 0 aromatic rings. The third-order valence-corrected chi connectivity index (χ3v) is 3.55. The van der Waals surface area contributed by atoms with E-state index < -0.39 is 5.97 Å². The highest BCUT2D eigenvalue weighted by Crippen LogP contribution is 2.10. The molecule has 126 valence electrons. The van der Waals surface area contributed by atoms with Crippen LogP contribution in [0.3, 0.4) is 0 Å². The van der Waals surface area contributed by atoms with E-state index in [2.05, 4.69) is 43.4 Å². The molecule has 0 aliphatic carbocycles. The summed E-state index contributed by atoms with van der Waals surface area (Å²) in [6.07, 6.45) is 26.3. The Morgan fingerprint density at radius 3 is 1.91 bits per heavy atom. The Balaban J connectivity index is 3.21. The highest BCUT2D eigenvalue weighted by atomic mass is 16.4. The summed E-state index contributed by atoms with van der Waals surface area (Å²) in [6.45, 7) is 2.16. The van der Waals surface area contributed by atoms with Crippen molar-refractivity contribution in [1.82, 2.24) is 0 Å². The summed E-state index contributed by atoms with van der Waals surface area (Å²) >= 11 is 0. The molecule has 0 rings (SSSR count). The Kier molecular flexibility index (Phi) is 16.7. The van der Waals surface area contributed by atoms with Crippen molar-refractivity contribution in [2.24, 2.45) is 0 Å². The molecule has 0 saturated heterocycles. The molecule has 0 aromatic heterocycles. The van der Waals surface area contributed by atoms with Crippen LogP contribution in [0.2, 0.25) is 0 Å². The van der Waals surface area contributed by atoms with Crippen molar-refractivity contribution in [3.05, 3.63) is 36.5 Å². The van der Waals surface area contributed by atoms with E-state index in [0.717, 1.165) is 32.1 Å². The summed E-state index contributed by atoms with van der Waals surface area (Å²) in [7, 11) is 0. The van der Waals surface area contributed by atoms with Gasteiger partial charge in [0.05, 0.1) is 0 Å². The number of carboxylic acid groups (broad SMARTS) is 1. The van der Waals surface area contributed by atoms with Gasteiger partial charge in [-0.25, -0.2) is 0 Å². The number of allylic oxidation sites excluding steroid dienone is 6. The molecule has 0 radical (unpaired) electrons. The Labute approximate surface area is 137 Å². The van der Waals surface area contributed by atoms with Crippen LogP contribution in [0.4, 0.5) is 0 Å². The summed E-state index contributed by atoms with van der Waals surface area (Å²) in [5.41, 5.74) is 0. The van der Waals surface area contributed by atoms with Crippen LogP contribution in [-0.4, -0.2) is 11.1 Å². The van der Waals surface area contributed by atoms with Crippen molar-refractivity contribution in [1.29, 1.82) is 0 Å². The first-order valence-corrected chi connectivity index (χ1v) is 8.95. The Morgan fingerprint density at radius 1 is 0.727 bits per heavy atom. The summed E-state index contributed by atoms with van der Waals surface area (Å²) in [5.74, 6) is -0.668. The van der Waals surface area contributed by atoms with Gasteiger partial charge in [-0.2, -0.15) is 0 Å². The maximum atomic E-state index is 10.3. The second kappa shape index (κ2) is 17.7. The standard InChI is InChI=1S/C20H34O2/c1-2-3-4-5-6-7-8-9-10-11-12-13-14-15-16-17-18-19-20(21)22/h3-4,7-10H,2,5-6,11-19H2,1H3,(H,21,22). The topological polar surface area (TPSA) is 37.3 Å². The van der Waals surface area contributed by atoms with E-state index in [1.807, 2.05) is 0 Å². The molecule has 0 spiro atoms. The zero-order chi connectivity index (χ0) is 16.3. The van der Waals surface area contributed by atoms with E-state index in [-0.39, 0.29) is 0 Å². The van der Waals surface area contributed by atoms with Crippen LogP contribution in [0.1, 0.15) is 84.0 Å². The largest absolute Gasteiger partial charge is 0.481 e. The van der Waals surface area contributed by atoms with Gasteiger partial charge in [0, 0.05) is 6.42 Å². The van der Waals surface area contributed by atoms with Crippen molar-refractivity contribution in [3.63, 3.8) is 0 Å². The van der Waals surface area contributed by atoms with Crippen LogP contribution >= 0.6 is 0 Å². The van der Waals surface area contributed by atoms with Gasteiger partial charge in [-0.3, -0.25) is 4.79 Å². The number of hydrogen-bond donors (Lipinski definition) is 1. The predicted octanol–water partition coefficient (Wildman–Crippen LogP) is 6.44. The molecule has 0 saturated carbocycles. The van der Waals surface area contributed by atoms with Gasteiger partial charge in [0.2, 0.25) is 0 Å². The molecule has 0 aromatic carbocycles. The van der Waals surface area contributed by atoms with Gasteiger partial charge >= 0.3 is 5.97 Å². The van der Waals surface area contributed by atoms with Gasteiger partial charge in [-0.05, 0) is 38.5 Å². The zero-order valence-corrected chi connectivity index (χ0v) is 14.3. The van der Waals surface area contributed by atoms with Crippen LogP contribution in [0, 0.1) is 0 Å². The normalized spacial score (nSPS) is 12.0. The van der Waals surface area contributed by atoms with Crippen molar-refractivity contribution >= 4 is 5.97 Å². The van der Waals surface area contributed by atoms with Crippen LogP contribution in [-0.2, 0) is 4.79 Å². The van der Waals surface area contributed by atoms with E-state index in [0.29, 0.717) is 6.42 Å². The van der Waals surface area contributed by atoms with E-state index >= 15 is 0 Å². The van der Waals surface area contributed by atoms with E-state index in [1.165, 1.54) is 38.5 Å². The molecule has 0 fully saturated rings. The van der Waals surface area contributed by atoms with Gasteiger partial charge in [-0.15, -0.1) is 0 Å². The Hall–Kier alpha value is -1.31. The average Bonchev–Trinajstić information content (AvgIpc) is 2.50. The minimum atomic E-state index is -0.668. The highest BCUT2D eigenvalue weighted by Gasteiger charge is 1.96. The average molecular weight is 306 g/mol. The number of carboxylic acids is 1. The van der Waals surface area contributed by atoms with Crippen molar-refractivity contribution < 1.29 is 9.90 Å². The van der Waals surface area contributed by atoms with Crippen LogP contribution < -0.4 is 0 Å². The molecule has 22 heavy (non-hydrogen) atoms. The maximum absolute atomic E-state index is 10.3. The fraction of sp³-hybridized carbons (Fsp3) is 0.650. The van der Waals surface area contributed by atoms with E-state index in [4.69, 9.17) is 5.11 Å². The van der Waals surface area contributed by atoms with E-state index in [9.17, 15) is 4.79 Å². The van der Waals surface area contributed by atoms with Gasteiger partial charge < -0.3 is 5.11 Å².